The van der Waals surface area contributed by atoms with Gasteiger partial charge in [0.05, 0.1) is 17.9 Å². The SMILES string of the molecule is CCCNC(c1cnnn1C)C1CCC(C)(C)CC1. The van der Waals surface area contributed by atoms with Gasteiger partial charge in [0.25, 0.3) is 0 Å². The van der Waals surface area contributed by atoms with Crippen LogP contribution in [0.5, 0.6) is 0 Å². The fourth-order valence-corrected chi connectivity index (χ4v) is 3.15. The largest absolute Gasteiger partial charge is 0.308 e. The predicted octanol–water partition coefficient (Wildman–Crippen LogP) is 3.07. The maximum Gasteiger partial charge on any atom is 0.0756 e. The van der Waals surface area contributed by atoms with Crippen LogP contribution >= 0.6 is 0 Å². The van der Waals surface area contributed by atoms with Crippen molar-refractivity contribution in [2.45, 2.75) is 58.9 Å². The molecule has 0 spiro atoms. The van der Waals surface area contributed by atoms with E-state index in [9.17, 15) is 0 Å². The molecule has 108 valence electrons. The molecule has 1 N–H and O–H groups in total. The summed E-state index contributed by atoms with van der Waals surface area (Å²) in [5, 5.41) is 11.9. The molecule has 1 aliphatic carbocycles. The Morgan fingerprint density at radius 1 is 1.42 bits per heavy atom. The molecular weight excluding hydrogens is 236 g/mol. The van der Waals surface area contributed by atoms with E-state index in [2.05, 4.69) is 36.4 Å². The Labute approximate surface area is 117 Å². The first-order chi connectivity index (χ1) is 9.03. The Morgan fingerprint density at radius 3 is 2.63 bits per heavy atom. The van der Waals surface area contributed by atoms with Crippen LogP contribution in [0.25, 0.3) is 0 Å². The highest BCUT2D eigenvalue weighted by Gasteiger charge is 2.33. The maximum absolute atomic E-state index is 4.10. The highest BCUT2D eigenvalue weighted by atomic mass is 15.4. The van der Waals surface area contributed by atoms with Crippen LogP contribution in [-0.4, -0.2) is 21.5 Å². The molecule has 1 unspecified atom stereocenters. The Morgan fingerprint density at radius 2 is 2.11 bits per heavy atom. The Kier molecular flexibility index (Phi) is 4.61. The Balaban J connectivity index is 2.08. The zero-order chi connectivity index (χ0) is 13.9. The summed E-state index contributed by atoms with van der Waals surface area (Å²) in [4.78, 5) is 0. The van der Waals surface area contributed by atoms with E-state index >= 15 is 0 Å². The fraction of sp³-hybridized carbons (Fsp3) is 0.867. The summed E-state index contributed by atoms with van der Waals surface area (Å²) < 4.78 is 1.92. The van der Waals surface area contributed by atoms with Gasteiger partial charge in [0.2, 0.25) is 0 Å². The number of aromatic nitrogens is 3. The number of nitrogens with zero attached hydrogens (tertiary/aromatic N) is 3. The van der Waals surface area contributed by atoms with E-state index in [1.165, 1.54) is 37.8 Å². The second kappa shape index (κ2) is 6.04. The molecule has 1 fully saturated rings. The molecule has 1 heterocycles. The van der Waals surface area contributed by atoms with E-state index in [0.717, 1.165) is 12.5 Å². The summed E-state index contributed by atoms with van der Waals surface area (Å²) in [5.41, 5.74) is 1.76. The molecule has 19 heavy (non-hydrogen) atoms. The van der Waals surface area contributed by atoms with Gasteiger partial charge in [-0.25, -0.2) is 0 Å². The summed E-state index contributed by atoms with van der Waals surface area (Å²) in [6, 6.07) is 0.413. The van der Waals surface area contributed by atoms with E-state index in [-0.39, 0.29) is 0 Å². The van der Waals surface area contributed by atoms with Gasteiger partial charge in [-0.15, -0.1) is 5.10 Å². The van der Waals surface area contributed by atoms with Crippen LogP contribution in [0.3, 0.4) is 0 Å². The lowest BCUT2D eigenvalue weighted by Crippen LogP contribution is -2.34. The van der Waals surface area contributed by atoms with Gasteiger partial charge in [0, 0.05) is 7.05 Å². The predicted molar refractivity (Wildman–Crippen MR) is 77.8 cm³/mol. The lowest BCUT2D eigenvalue weighted by Gasteiger charge is -2.38. The monoisotopic (exact) mass is 264 g/mol. The summed E-state index contributed by atoms with van der Waals surface area (Å²) in [6.45, 7) is 8.07. The molecule has 1 aromatic rings. The van der Waals surface area contributed by atoms with Crippen molar-refractivity contribution >= 4 is 0 Å². The second-order valence-electron chi connectivity index (χ2n) is 6.72. The lowest BCUT2D eigenvalue weighted by atomic mass is 9.70. The maximum atomic E-state index is 4.10. The number of rotatable bonds is 5. The van der Waals surface area contributed by atoms with E-state index in [1.807, 2.05) is 17.9 Å². The van der Waals surface area contributed by atoms with Gasteiger partial charge in [0.15, 0.2) is 0 Å². The zero-order valence-electron chi connectivity index (χ0n) is 12.8. The molecule has 4 nitrogen and oxygen atoms in total. The van der Waals surface area contributed by atoms with Crippen LogP contribution < -0.4 is 5.32 Å². The zero-order valence-corrected chi connectivity index (χ0v) is 12.8. The van der Waals surface area contributed by atoms with Gasteiger partial charge in [-0.3, -0.25) is 4.68 Å². The number of hydrogen-bond acceptors (Lipinski definition) is 3. The molecule has 0 aromatic carbocycles. The minimum absolute atomic E-state index is 0.413. The fourth-order valence-electron chi connectivity index (χ4n) is 3.15. The van der Waals surface area contributed by atoms with Crippen molar-refractivity contribution in [3.63, 3.8) is 0 Å². The number of hydrogen-bond donors (Lipinski definition) is 1. The highest BCUT2D eigenvalue weighted by molar-refractivity contribution is 5.05. The van der Waals surface area contributed by atoms with E-state index in [1.54, 1.807) is 0 Å². The van der Waals surface area contributed by atoms with Crippen LogP contribution in [-0.2, 0) is 7.05 Å². The quantitative estimate of drug-likeness (QED) is 0.888. The van der Waals surface area contributed by atoms with E-state index in [4.69, 9.17) is 0 Å². The average Bonchev–Trinajstić information content (AvgIpc) is 2.78. The molecule has 0 radical (unpaired) electrons. The minimum Gasteiger partial charge on any atom is -0.308 e. The first-order valence-corrected chi connectivity index (χ1v) is 7.61. The molecule has 0 saturated heterocycles. The van der Waals surface area contributed by atoms with Gasteiger partial charge in [0.1, 0.15) is 0 Å². The van der Waals surface area contributed by atoms with E-state index in [0.29, 0.717) is 11.5 Å². The Hall–Kier alpha value is -0.900. The molecular formula is C15H28N4. The van der Waals surface area contributed by atoms with Crippen molar-refractivity contribution in [2.75, 3.05) is 6.54 Å². The summed E-state index contributed by atoms with van der Waals surface area (Å²) >= 11 is 0. The molecule has 0 aliphatic heterocycles. The van der Waals surface area contributed by atoms with Gasteiger partial charge in [-0.1, -0.05) is 26.0 Å². The molecule has 2 rings (SSSR count). The third-order valence-electron chi connectivity index (χ3n) is 4.54. The minimum atomic E-state index is 0.413. The summed E-state index contributed by atoms with van der Waals surface area (Å²) in [5.74, 6) is 0.719. The van der Waals surface area contributed by atoms with Crippen LogP contribution in [0.4, 0.5) is 0 Å². The molecule has 0 amide bonds. The first kappa shape index (κ1) is 14.5. The van der Waals surface area contributed by atoms with Crippen LogP contribution in [0.2, 0.25) is 0 Å². The topological polar surface area (TPSA) is 42.7 Å². The van der Waals surface area contributed by atoms with Gasteiger partial charge < -0.3 is 5.32 Å². The lowest BCUT2D eigenvalue weighted by molar-refractivity contribution is 0.158. The number of aryl methyl sites for hydroxylation is 1. The molecule has 1 aromatic heterocycles. The van der Waals surface area contributed by atoms with Crippen LogP contribution in [0.1, 0.15) is 64.6 Å². The van der Waals surface area contributed by atoms with Gasteiger partial charge in [-0.05, 0) is 50.0 Å². The average molecular weight is 264 g/mol. The normalized spacial score (nSPS) is 21.5. The Bertz CT molecular complexity index is 387. The molecule has 1 saturated carbocycles. The smallest absolute Gasteiger partial charge is 0.0756 e. The standard InChI is InChI=1S/C15H28N4/c1-5-10-16-14(13-11-17-18-19(13)4)12-6-8-15(2,3)9-7-12/h11-12,14,16H,5-10H2,1-4H3. The van der Waals surface area contributed by atoms with Crippen molar-refractivity contribution in [3.8, 4) is 0 Å². The van der Waals surface area contributed by atoms with Crippen LogP contribution in [0.15, 0.2) is 6.20 Å². The van der Waals surface area contributed by atoms with Crippen molar-refractivity contribution in [3.05, 3.63) is 11.9 Å². The van der Waals surface area contributed by atoms with Gasteiger partial charge >= 0.3 is 0 Å². The van der Waals surface area contributed by atoms with Crippen molar-refractivity contribution < 1.29 is 0 Å². The molecule has 4 heteroatoms. The van der Waals surface area contributed by atoms with Crippen LogP contribution in [0, 0.1) is 11.3 Å². The van der Waals surface area contributed by atoms with Crippen molar-refractivity contribution in [1.29, 1.82) is 0 Å². The summed E-state index contributed by atoms with van der Waals surface area (Å²) in [6.07, 6.45) is 8.35. The van der Waals surface area contributed by atoms with E-state index < -0.39 is 0 Å². The third kappa shape index (κ3) is 3.56. The first-order valence-electron chi connectivity index (χ1n) is 7.61. The van der Waals surface area contributed by atoms with Crippen molar-refractivity contribution in [1.82, 2.24) is 20.3 Å². The van der Waals surface area contributed by atoms with Gasteiger partial charge in [-0.2, -0.15) is 0 Å². The molecule has 0 bridgehead atoms. The summed E-state index contributed by atoms with van der Waals surface area (Å²) in [7, 11) is 2.00. The third-order valence-corrected chi connectivity index (χ3v) is 4.54. The highest BCUT2D eigenvalue weighted by Crippen LogP contribution is 2.42. The molecule has 1 atom stereocenters. The number of nitrogens with one attached hydrogen (secondary N) is 1. The van der Waals surface area contributed by atoms with Crippen molar-refractivity contribution in [2.24, 2.45) is 18.4 Å². The second-order valence-corrected chi connectivity index (χ2v) is 6.72. The molecule has 1 aliphatic rings.